The van der Waals surface area contributed by atoms with Crippen LogP contribution >= 0.6 is 7.60 Å². The molecule has 6 aromatic rings. The van der Waals surface area contributed by atoms with E-state index < -0.39 is 67.2 Å². The van der Waals surface area contributed by atoms with Crippen molar-refractivity contribution < 1.29 is 70.5 Å². The molecule has 83 heavy (non-hydrogen) atoms. The van der Waals surface area contributed by atoms with Crippen LogP contribution in [-0.4, -0.2) is 66.8 Å². The summed E-state index contributed by atoms with van der Waals surface area (Å²) in [5.74, 6) is -6.48. The van der Waals surface area contributed by atoms with Crippen LogP contribution in [0.15, 0.2) is 176 Å². The second-order valence-electron chi connectivity index (χ2n) is 19.9. The molecule has 4 atom stereocenters. The monoisotopic (exact) mass is 1150 g/mol. The molecular weight excluding hydrogens is 1080 g/mol. The number of ether oxygens (including phenoxy) is 4. The molecule has 1 unspecified atom stereocenters. The summed E-state index contributed by atoms with van der Waals surface area (Å²) in [4.78, 5) is 94.0. The summed E-state index contributed by atoms with van der Waals surface area (Å²) in [5, 5.41) is 5.52. The van der Waals surface area contributed by atoms with E-state index in [1.807, 2.05) is 54.6 Å². The van der Waals surface area contributed by atoms with Crippen molar-refractivity contribution in [3.8, 4) is 0 Å². The standard InChI is InChI=1S/C65H72FN2O14P/c66-57-36-32-54(33-37-57)62(72)67-40-18-6-17-30-58(69)42-55(63(73)78-44-50-22-9-2-10-23-50)34-38-60(70)68-59(65(75)80-46-52-26-13-4-14-27-52)31-19-41-81-83(76,82-47-53-28-15-5-16-29-53)48-56(64(74)79-45-51-24-11-3-12-25-51)35-39-61(71)77-43-49-20-7-1-8-21-49/h1-5,7-16,20-29,32-33,36-37,55-56,59H,6,17-19,30-31,34-35,38-48H2,(H,67,72)(H,68,70)/t55-,56-,59+,83?/m1/s1. The van der Waals surface area contributed by atoms with Crippen LogP contribution < -0.4 is 10.6 Å². The van der Waals surface area contributed by atoms with E-state index in [-0.39, 0.29) is 103 Å². The predicted molar refractivity (Wildman–Crippen MR) is 308 cm³/mol. The first-order valence-electron chi connectivity index (χ1n) is 27.9. The first-order chi connectivity index (χ1) is 40.3. The van der Waals surface area contributed by atoms with E-state index in [0.717, 1.165) is 11.1 Å². The first kappa shape index (κ1) is 64.1. The SMILES string of the molecule is O=C(CCCCCNC(=O)c1ccc(F)cc1)C[C@@H](CCC(=O)N[C@@H](CCCOP(=O)(C[C@@H](CCC(=O)OCc1ccccc1)C(=O)OCc1ccccc1)OCc1ccccc1)C(=O)OCc1ccccc1)C(=O)OCc1ccccc1. The van der Waals surface area contributed by atoms with Gasteiger partial charge in [-0.15, -0.1) is 0 Å². The number of hydrogen-bond donors (Lipinski definition) is 2. The van der Waals surface area contributed by atoms with Gasteiger partial charge >= 0.3 is 31.5 Å². The largest absolute Gasteiger partial charge is 0.461 e. The number of carbonyl (C=O) groups is 7. The number of unbranched alkanes of at least 4 members (excludes halogenated alkanes) is 2. The van der Waals surface area contributed by atoms with Gasteiger partial charge in [-0.3, -0.25) is 33.3 Å². The zero-order valence-corrected chi connectivity index (χ0v) is 47.3. The van der Waals surface area contributed by atoms with Crippen LogP contribution in [0.3, 0.4) is 0 Å². The van der Waals surface area contributed by atoms with Crippen molar-refractivity contribution in [2.24, 2.45) is 11.8 Å². The molecule has 16 nitrogen and oxygen atoms in total. The molecule has 0 spiro atoms. The summed E-state index contributed by atoms with van der Waals surface area (Å²) in [6, 6.07) is 48.9. The van der Waals surface area contributed by atoms with E-state index in [1.165, 1.54) is 24.3 Å². The lowest BCUT2D eigenvalue weighted by atomic mass is 9.94. The van der Waals surface area contributed by atoms with Crippen molar-refractivity contribution in [2.75, 3.05) is 19.3 Å². The summed E-state index contributed by atoms with van der Waals surface area (Å²) < 4.78 is 62.8. The van der Waals surface area contributed by atoms with Crippen LogP contribution in [0.25, 0.3) is 0 Å². The van der Waals surface area contributed by atoms with Crippen LogP contribution in [0, 0.1) is 17.7 Å². The molecule has 6 aromatic carbocycles. The van der Waals surface area contributed by atoms with Crippen molar-refractivity contribution in [1.29, 1.82) is 0 Å². The molecule has 438 valence electrons. The highest BCUT2D eigenvalue weighted by molar-refractivity contribution is 7.53. The van der Waals surface area contributed by atoms with Gasteiger partial charge in [-0.2, -0.15) is 0 Å². The van der Waals surface area contributed by atoms with E-state index in [4.69, 9.17) is 28.0 Å². The molecule has 6 rings (SSSR count). The molecule has 0 heterocycles. The minimum absolute atomic E-state index is 0.0211. The number of rotatable bonds is 37. The number of amides is 2. The Balaban J connectivity index is 1.09. The fraction of sp³-hybridized carbons (Fsp3) is 0.338. The third-order valence-corrected chi connectivity index (χ3v) is 15.2. The Hall–Kier alpha value is -8.11. The topological polar surface area (TPSA) is 216 Å². The minimum atomic E-state index is -4.23. The quantitative estimate of drug-likeness (QED) is 0.0161. The molecule has 0 fully saturated rings. The highest BCUT2D eigenvalue weighted by atomic mass is 31.2. The lowest BCUT2D eigenvalue weighted by molar-refractivity contribution is -0.152. The average Bonchev–Trinajstić information content (AvgIpc) is 3.52. The highest BCUT2D eigenvalue weighted by Gasteiger charge is 2.35. The third-order valence-electron chi connectivity index (χ3n) is 13.3. The number of Topliss-reactive ketones (excluding diaryl/α,β-unsaturated/α-hetero) is 1. The van der Waals surface area contributed by atoms with Gasteiger partial charge in [0.15, 0.2) is 0 Å². The Morgan fingerprint density at radius 2 is 0.928 bits per heavy atom. The molecule has 0 bridgehead atoms. The van der Waals surface area contributed by atoms with Gasteiger partial charge in [0.2, 0.25) is 5.91 Å². The summed E-state index contributed by atoms with van der Waals surface area (Å²) >= 11 is 0. The van der Waals surface area contributed by atoms with Crippen LogP contribution in [0.4, 0.5) is 4.39 Å². The second-order valence-corrected chi connectivity index (χ2v) is 22.0. The summed E-state index contributed by atoms with van der Waals surface area (Å²) in [7, 11) is -4.23. The van der Waals surface area contributed by atoms with Crippen molar-refractivity contribution in [3.05, 3.63) is 215 Å². The Bertz CT molecular complexity index is 2990. The smallest absolute Gasteiger partial charge is 0.331 e. The summed E-state index contributed by atoms with van der Waals surface area (Å²) in [6.07, 6.45) is 0.447. The van der Waals surface area contributed by atoms with E-state index in [9.17, 15) is 42.5 Å². The molecule has 0 saturated heterocycles. The minimum Gasteiger partial charge on any atom is -0.461 e. The first-order valence-corrected chi connectivity index (χ1v) is 29.6. The molecule has 0 aromatic heterocycles. The number of carbonyl (C=O) groups excluding carboxylic acids is 7. The highest BCUT2D eigenvalue weighted by Crippen LogP contribution is 2.51. The van der Waals surface area contributed by atoms with Gasteiger partial charge in [-0.25, -0.2) is 9.18 Å². The van der Waals surface area contributed by atoms with Crippen molar-refractivity contribution in [2.45, 2.75) is 110 Å². The van der Waals surface area contributed by atoms with Gasteiger partial charge in [0.1, 0.15) is 44.1 Å². The summed E-state index contributed by atoms with van der Waals surface area (Å²) in [6.45, 7) is -0.286. The Morgan fingerprint density at radius 1 is 0.458 bits per heavy atom. The maximum Gasteiger partial charge on any atom is 0.331 e. The lowest BCUT2D eigenvalue weighted by Crippen LogP contribution is -2.42. The number of benzene rings is 6. The molecule has 0 aliphatic carbocycles. The van der Waals surface area contributed by atoms with E-state index in [1.54, 1.807) is 97.1 Å². The Morgan fingerprint density at radius 3 is 1.46 bits per heavy atom. The molecule has 0 aliphatic rings. The predicted octanol–water partition coefficient (Wildman–Crippen LogP) is 11.5. The van der Waals surface area contributed by atoms with Crippen molar-refractivity contribution in [3.63, 3.8) is 0 Å². The Kier molecular flexibility index (Phi) is 27.5. The van der Waals surface area contributed by atoms with E-state index >= 15 is 0 Å². The number of esters is 4. The lowest BCUT2D eigenvalue weighted by Gasteiger charge is -2.24. The molecule has 0 aliphatic heterocycles. The fourth-order valence-corrected chi connectivity index (χ4v) is 10.5. The molecule has 0 radical (unpaired) electrons. The van der Waals surface area contributed by atoms with Crippen LogP contribution in [0.5, 0.6) is 0 Å². The number of halogens is 1. The normalized spacial score (nSPS) is 12.8. The molecule has 2 amide bonds. The second kappa shape index (κ2) is 35.7. The number of ketones is 1. The fourth-order valence-electron chi connectivity index (χ4n) is 8.59. The van der Waals surface area contributed by atoms with Gasteiger partial charge in [0.05, 0.1) is 31.2 Å². The van der Waals surface area contributed by atoms with Gasteiger partial charge < -0.3 is 38.6 Å². The third kappa shape index (κ3) is 24.9. The average molecular weight is 1160 g/mol. The van der Waals surface area contributed by atoms with Crippen LogP contribution in [-0.2, 0) is 94.4 Å². The molecule has 2 N–H and O–H groups in total. The maximum atomic E-state index is 14.9. The van der Waals surface area contributed by atoms with Crippen LogP contribution in [0.1, 0.15) is 109 Å². The van der Waals surface area contributed by atoms with E-state index in [2.05, 4.69) is 10.6 Å². The maximum absolute atomic E-state index is 14.9. The van der Waals surface area contributed by atoms with Gasteiger partial charge in [0, 0.05) is 37.8 Å². The Labute approximate surface area is 484 Å². The van der Waals surface area contributed by atoms with E-state index in [0.29, 0.717) is 48.1 Å². The van der Waals surface area contributed by atoms with Gasteiger partial charge in [-0.05, 0) is 90.6 Å². The molecule has 0 saturated carbocycles. The number of hydrogen-bond acceptors (Lipinski definition) is 14. The number of nitrogens with one attached hydrogen (secondary N) is 2. The molecular formula is C65H72FN2O14P. The van der Waals surface area contributed by atoms with Crippen molar-refractivity contribution >= 4 is 49.1 Å². The summed E-state index contributed by atoms with van der Waals surface area (Å²) in [5.41, 5.74) is 3.92. The van der Waals surface area contributed by atoms with Crippen LogP contribution in [0.2, 0.25) is 0 Å². The zero-order valence-electron chi connectivity index (χ0n) is 46.5. The van der Waals surface area contributed by atoms with Gasteiger partial charge in [-0.1, -0.05) is 158 Å². The molecule has 18 heteroatoms. The zero-order chi connectivity index (χ0) is 58.9. The van der Waals surface area contributed by atoms with Crippen molar-refractivity contribution in [1.82, 2.24) is 10.6 Å². The van der Waals surface area contributed by atoms with Gasteiger partial charge in [0.25, 0.3) is 5.91 Å².